The van der Waals surface area contributed by atoms with Crippen LogP contribution in [-0.2, 0) is 11.8 Å². The number of nitrogens with zero attached hydrogens (tertiary/aromatic N) is 3. The molecule has 0 bridgehead atoms. The van der Waals surface area contributed by atoms with Crippen molar-refractivity contribution in [2.45, 2.75) is 33.7 Å². The standard InChI is InChI=1S/C22H29N5O2/c1-14(2)18(25-17-9-7-6-8-10-17)12-23-19(28)13-29-22-20-15(3)11-16(4)24-21(20)27(5)26-22/h6-11,14,18,25H,12-13H2,1-5H3,(H,23,28). The fourth-order valence-corrected chi connectivity index (χ4v) is 3.26. The van der Waals surface area contributed by atoms with E-state index in [1.807, 2.05) is 57.3 Å². The number of hydrogen-bond acceptors (Lipinski definition) is 5. The van der Waals surface area contributed by atoms with E-state index >= 15 is 0 Å². The summed E-state index contributed by atoms with van der Waals surface area (Å²) in [6, 6.07) is 12.1. The van der Waals surface area contributed by atoms with E-state index in [9.17, 15) is 4.79 Å². The molecule has 0 aliphatic rings. The van der Waals surface area contributed by atoms with Crippen LogP contribution < -0.4 is 15.4 Å². The molecule has 2 aromatic heterocycles. The maximum absolute atomic E-state index is 12.4. The molecule has 0 fully saturated rings. The van der Waals surface area contributed by atoms with Gasteiger partial charge in [-0.3, -0.25) is 4.79 Å². The van der Waals surface area contributed by atoms with Crippen molar-refractivity contribution in [2.75, 3.05) is 18.5 Å². The number of amides is 1. The van der Waals surface area contributed by atoms with Crippen LogP contribution in [0.15, 0.2) is 36.4 Å². The molecule has 3 rings (SSSR count). The lowest BCUT2D eigenvalue weighted by molar-refractivity contribution is -0.123. The first-order chi connectivity index (χ1) is 13.8. The summed E-state index contributed by atoms with van der Waals surface area (Å²) in [6.07, 6.45) is 0. The fraction of sp³-hybridized carbons (Fsp3) is 0.409. The van der Waals surface area contributed by atoms with Crippen LogP contribution in [0.5, 0.6) is 5.88 Å². The van der Waals surface area contributed by atoms with E-state index < -0.39 is 0 Å². The molecule has 0 spiro atoms. The minimum Gasteiger partial charge on any atom is -0.466 e. The highest BCUT2D eigenvalue weighted by Gasteiger charge is 2.17. The normalized spacial score (nSPS) is 12.2. The fourth-order valence-electron chi connectivity index (χ4n) is 3.26. The maximum atomic E-state index is 12.4. The molecular weight excluding hydrogens is 366 g/mol. The number of carbonyl (C=O) groups excluding carboxylic acids is 1. The minimum atomic E-state index is -0.179. The van der Waals surface area contributed by atoms with Crippen molar-refractivity contribution in [3.63, 3.8) is 0 Å². The predicted octanol–water partition coefficient (Wildman–Crippen LogP) is 3.22. The Bertz CT molecular complexity index is 982. The first-order valence-corrected chi connectivity index (χ1v) is 9.87. The largest absolute Gasteiger partial charge is 0.466 e. The van der Waals surface area contributed by atoms with Gasteiger partial charge in [0, 0.05) is 31.0 Å². The number of hydrogen-bond donors (Lipinski definition) is 2. The third-order valence-electron chi connectivity index (χ3n) is 4.88. The summed E-state index contributed by atoms with van der Waals surface area (Å²) in [7, 11) is 1.82. The van der Waals surface area contributed by atoms with Crippen molar-refractivity contribution < 1.29 is 9.53 Å². The lowest BCUT2D eigenvalue weighted by Crippen LogP contribution is -2.41. The molecule has 1 atom stereocenters. The van der Waals surface area contributed by atoms with Gasteiger partial charge in [-0.25, -0.2) is 9.67 Å². The lowest BCUT2D eigenvalue weighted by Gasteiger charge is -2.24. The Morgan fingerprint density at radius 1 is 1.21 bits per heavy atom. The third-order valence-corrected chi connectivity index (χ3v) is 4.88. The number of aryl methyl sites for hydroxylation is 3. The Kier molecular flexibility index (Phi) is 6.36. The molecular formula is C22H29N5O2. The van der Waals surface area contributed by atoms with Gasteiger partial charge in [-0.1, -0.05) is 32.0 Å². The summed E-state index contributed by atoms with van der Waals surface area (Å²) in [6.45, 7) is 8.62. The van der Waals surface area contributed by atoms with Crippen LogP contribution in [0.4, 0.5) is 5.69 Å². The van der Waals surface area contributed by atoms with Gasteiger partial charge in [0.05, 0.1) is 5.39 Å². The number of anilines is 1. The number of pyridine rings is 1. The first-order valence-electron chi connectivity index (χ1n) is 9.87. The molecule has 1 unspecified atom stereocenters. The summed E-state index contributed by atoms with van der Waals surface area (Å²) in [5.41, 5.74) is 3.75. The molecule has 0 aliphatic heterocycles. The van der Waals surface area contributed by atoms with E-state index in [4.69, 9.17) is 4.74 Å². The van der Waals surface area contributed by atoms with Gasteiger partial charge < -0.3 is 15.4 Å². The zero-order chi connectivity index (χ0) is 21.0. The molecule has 0 saturated heterocycles. The first kappa shape index (κ1) is 20.6. The SMILES string of the molecule is Cc1cc(C)c2c(OCC(=O)NCC(Nc3ccccc3)C(C)C)nn(C)c2n1. The van der Waals surface area contributed by atoms with E-state index in [0.717, 1.165) is 28.0 Å². The number of ether oxygens (including phenoxy) is 1. The van der Waals surface area contributed by atoms with Crippen molar-refractivity contribution in [1.82, 2.24) is 20.1 Å². The van der Waals surface area contributed by atoms with Gasteiger partial charge in [-0.2, -0.15) is 0 Å². The molecule has 154 valence electrons. The van der Waals surface area contributed by atoms with Crippen LogP contribution in [0.2, 0.25) is 0 Å². The second kappa shape index (κ2) is 8.94. The molecule has 1 aromatic carbocycles. The molecule has 29 heavy (non-hydrogen) atoms. The number of rotatable bonds is 8. The average molecular weight is 396 g/mol. The van der Waals surface area contributed by atoms with Gasteiger partial charge in [0.1, 0.15) is 0 Å². The Morgan fingerprint density at radius 3 is 2.62 bits per heavy atom. The van der Waals surface area contributed by atoms with E-state index in [-0.39, 0.29) is 18.6 Å². The zero-order valence-corrected chi connectivity index (χ0v) is 17.7. The van der Waals surface area contributed by atoms with E-state index in [1.165, 1.54) is 0 Å². The summed E-state index contributed by atoms with van der Waals surface area (Å²) < 4.78 is 7.41. The molecule has 0 saturated carbocycles. The van der Waals surface area contributed by atoms with Crippen LogP contribution in [0.3, 0.4) is 0 Å². The van der Waals surface area contributed by atoms with Gasteiger partial charge in [-0.05, 0) is 43.5 Å². The van der Waals surface area contributed by atoms with E-state index in [2.05, 4.69) is 34.6 Å². The van der Waals surface area contributed by atoms with Crippen LogP contribution in [-0.4, -0.2) is 39.9 Å². The van der Waals surface area contributed by atoms with Gasteiger partial charge in [0.15, 0.2) is 12.3 Å². The number of para-hydroxylation sites is 1. The second-order valence-corrected chi connectivity index (χ2v) is 7.66. The number of nitrogens with one attached hydrogen (secondary N) is 2. The zero-order valence-electron chi connectivity index (χ0n) is 17.7. The van der Waals surface area contributed by atoms with E-state index in [1.54, 1.807) is 4.68 Å². The maximum Gasteiger partial charge on any atom is 0.258 e. The van der Waals surface area contributed by atoms with Gasteiger partial charge in [0.2, 0.25) is 5.88 Å². The number of aromatic nitrogens is 3. The topological polar surface area (TPSA) is 81.1 Å². The highest BCUT2D eigenvalue weighted by atomic mass is 16.5. The van der Waals surface area contributed by atoms with Crippen LogP contribution in [0.25, 0.3) is 11.0 Å². The average Bonchev–Trinajstić information content (AvgIpc) is 3.00. The molecule has 0 radical (unpaired) electrons. The van der Waals surface area contributed by atoms with Crippen molar-refractivity contribution in [3.8, 4) is 5.88 Å². The Labute approximate surface area is 171 Å². The molecule has 7 heteroatoms. The lowest BCUT2D eigenvalue weighted by atomic mass is 10.0. The summed E-state index contributed by atoms with van der Waals surface area (Å²) in [5, 5.41) is 11.7. The molecule has 0 aliphatic carbocycles. The number of carbonyl (C=O) groups is 1. The predicted molar refractivity (Wildman–Crippen MR) is 115 cm³/mol. The smallest absolute Gasteiger partial charge is 0.258 e. The number of fused-ring (bicyclic) bond motifs is 1. The highest BCUT2D eigenvalue weighted by molar-refractivity contribution is 5.85. The highest BCUT2D eigenvalue weighted by Crippen LogP contribution is 2.26. The second-order valence-electron chi connectivity index (χ2n) is 7.66. The van der Waals surface area contributed by atoms with Crippen molar-refractivity contribution in [1.29, 1.82) is 0 Å². The third kappa shape index (κ3) is 5.04. The minimum absolute atomic E-state index is 0.0877. The van der Waals surface area contributed by atoms with Gasteiger partial charge in [-0.15, -0.1) is 5.10 Å². The van der Waals surface area contributed by atoms with Gasteiger partial charge >= 0.3 is 0 Å². The molecule has 7 nitrogen and oxygen atoms in total. The Balaban J connectivity index is 1.59. The Morgan fingerprint density at radius 2 is 1.93 bits per heavy atom. The summed E-state index contributed by atoms with van der Waals surface area (Å²) in [5.74, 6) is 0.612. The number of benzene rings is 1. The molecule has 2 heterocycles. The molecule has 1 amide bonds. The molecule has 2 N–H and O–H groups in total. The quantitative estimate of drug-likeness (QED) is 0.612. The van der Waals surface area contributed by atoms with Gasteiger partial charge in [0.25, 0.3) is 5.91 Å². The van der Waals surface area contributed by atoms with Crippen molar-refractivity contribution >= 4 is 22.6 Å². The van der Waals surface area contributed by atoms with Crippen LogP contribution in [0.1, 0.15) is 25.1 Å². The van der Waals surface area contributed by atoms with Crippen molar-refractivity contribution in [2.24, 2.45) is 13.0 Å². The van der Waals surface area contributed by atoms with Crippen molar-refractivity contribution in [3.05, 3.63) is 47.7 Å². The monoisotopic (exact) mass is 395 g/mol. The van der Waals surface area contributed by atoms with Crippen LogP contribution >= 0.6 is 0 Å². The summed E-state index contributed by atoms with van der Waals surface area (Å²) in [4.78, 5) is 16.9. The van der Waals surface area contributed by atoms with E-state index in [0.29, 0.717) is 18.3 Å². The molecule has 3 aromatic rings. The van der Waals surface area contributed by atoms with Crippen LogP contribution in [0, 0.1) is 19.8 Å². The Hall–Kier alpha value is -3.09. The summed E-state index contributed by atoms with van der Waals surface area (Å²) >= 11 is 0.